The number of likely N-dealkylation sites (N-methyl/N-ethyl adjacent to an activating group) is 1. The van der Waals surface area contributed by atoms with Crippen LogP contribution in [0.15, 0.2) is 54.1 Å². The zero-order chi connectivity index (χ0) is 21.1. The number of methoxy groups -OCH3 is 1. The summed E-state index contributed by atoms with van der Waals surface area (Å²) in [5.74, 6) is -0.817. The lowest BCUT2D eigenvalue weighted by Crippen LogP contribution is -2.35. The molecule has 1 aliphatic rings. The average Bonchev–Trinajstić information content (AvgIpc) is 2.97. The Balaban J connectivity index is 2.15. The van der Waals surface area contributed by atoms with E-state index in [1.807, 2.05) is 50.2 Å². The van der Waals surface area contributed by atoms with E-state index in [1.54, 1.807) is 31.4 Å². The number of hydrogen-bond acceptors (Lipinski definition) is 5. The van der Waals surface area contributed by atoms with Gasteiger partial charge in [0.15, 0.2) is 0 Å². The fourth-order valence-corrected chi connectivity index (χ4v) is 3.44. The molecule has 1 atom stereocenters. The lowest BCUT2D eigenvalue weighted by Gasteiger charge is -2.26. The Morgan fingerprint density at radius 2 is 1.83 bits per heavy atom. The Labute approximate surface area is 171 Å². The quantitative estimate of drug-likeness (QED) is 0.463. The molecule has 1 aliphatic heterocycles. The number of carbonyl (C=O) groups is 2. The number of aliphatic hydroxyl groups is 1. The lowest BCUT2D eigenvalue weighted by atomic mass is 9.95. The second-order valence-electron chi connectivity index (χ2n) is 7.44. The first-order valence-electron chi connectivity index (χ1n) is 9.47. The topological polar surface area (TPSA) is 70.1 Å². The monoisotopic (exact) mass is 394 g/mol. The van der Waals surface area contributed by atoms with Crippen LogP contribution >= 0.6 is 0 Å². The van der Waals surface area contributed by atoms with E-state index in [0.717, 1.165) is 11.1 Å². The third-order valence-electron chi connectivity index (χ3n) is 5.06. The molecule has 6 nitrogen and oxygen atoms in total. The second kappa shape index (κ2) is 8.49. The van der Waals surface area contributed by atoms with Gasteiger partial charge in [-0.05, 0) is 38.7 Å². The third-order valence-corrected chi connectivity index (χ3v) is 5.06. The molecule has 1 saturated heterocycles. The summed E-state index contributed by atoms with van der Waals surface area (Å²) in [5, 5.41) is 11.0. The summed E-state index contributed by atoms with van der Waals surface area (Å²) in [4.78, 5) is 29.2. The van der Waals surface area contributed by atoms with Crippen LogP contribution in [0.2, 0.25) is 0 Å². The SMILES string of the molecule is COc1cccc([C@@H]2/C(=C(\O)c3ccc(C)cc3)C(=O)C(=O)N2CCN(C)C)c1. The first kappa shape index (κ1) is 20.6. The largest absolute Gasteiger partial charge is 0.507 e. The van der Waals surface area contributed by atoms with Crippen LogP contribution in [0.1, 0.15) is 22.7 Å². The summed E-state index contributed by atoms with van der Waals surface area (Å²) >= 11 is 0. The van der Waals surface area contributed by atoms with E-state index in [-0.39, 0.29) is 11.3 Å². The van der Waals surface area contributed by atoms with Crippen molar-refractivity contribution in [3.8, 4) is 5.75 Å². The standard InChI is InChI=1S/C23H26N2O4/c1-15-8-10-16(11-9-15)21(26)19-20(17-6-5-7-18(14-17)29-4)25(13-12-24(2)3)23(28)22(19)27/h5-11,14,20,26H,12-13H2,1-4H3/b21-19+/t20-/m1/s1. The molecular weight excluding hydrogens is 368 g/mol. The number of Topliss-reactive ketones (excluding diaryl/α,β-unsaturated/α-hetero) is 1. The number of amides is 1. The van der Waals surface area contributed by atoms with Crippen molar-refractivity contribution in [1.29, 1.82) is 0 Å². The first-order valence-corrected chi connectivity index (χ1v) is 9.47. The van der Waals surface area contributed by atoms with E-state index in [2.05, 4.69) is 0 Å². The maximum Gasteiger partial charge on any atom is 0.295 e. The normalized spacial score (nSPS) is 18.5. The highest BCUT2D eigenvalue weighted by Gasteiger charge is 2.45. The maximum atomic E-state index is 12.9. The van der Waals surface area contributed by atoms with Crippen molar-refractivity contribution in [2.24, 2.45) is 0 Å². The molecule has 0 radical (unpaired) electrons. The van der Waals surface area contributed by atoms with Gasteiger partial charge in [0, 0.05) is 18.7 Å². The zero-order valence-corrected chi connectivity index (χ0v) is 17.2. The number of aryl methyl sites for hydroxylation is 1. The molecule has 1 N–H and O–H groups in total. The number of aliphatic hydroxyl groups excluding tert-OH is 1. The van der Waals surface area contributed by atoms with Crippen molar-refractivity contribution >= 4 is 17.4 Å². The highest BCUT2D eigenvalue weighted by molar-refractivity contribution is 6.46. The number of nitrogens with zero attached hydrogens (tertiary/aromatic N) is 2. The van der Waals surface area contributed by atoms with E-state index in [9.17, 15) is 14.7 Å². The van der Waals surface area contributed by atoms with Crippen molar-refractivity contribution < 1.29 is 19.4 Å². The van der Waals surface area contributed by atoms with Gasteiger partial charge in [0.05, 0.1) is 18.7 Å². The summed E-state index contributed by atoms with van der Waals surface area (Å²) in [6.45, 7) is 2.91. The van der Waals surface area contributed by atoms with Gasteiger partial charge < -0.3 is 19.6 Å². The minimum atomic E-state index is -0.675. The lowest BCUT2D eigenvalue weighted by molar-refractivity contribution is -0.140. The van der Waals surface area contributed by atoms with E-state index in [0.29, 0.717) is 24.4 Å². The van der Waals surface area contributed by atoms with E-state index in [1.165, 1.54) is 4.90 Å². The molecule has 6 heteroatoms. The van der Waals surface area contributed by atoms with Gasteiger partial charge >= 0.3 is 0 Å². The second-order valence-corrected chi connectivity index (χ2v) is 7.44. The summed E-state index contributed by atoms with van der Waals surface area (Å²) in [6, 6.07) is 13.8. The van der Waals surface area contributed by atoms with Crippen LogP contribution in [0.5, 0.6) is 5.75 Å². The molecule has 0 aliphatic carbocycles. The molecule has 1 amide bonds. The number of rotatable bonds is 6. The van der Waals surface area contributed by atoms with Crippen molar-refractivity contribution in [2.75, 3.05) is 34.3 Å². The van der Waals surface area contributed by atoms with E-state index >= 15 is 0 Å². The van der Waals surface area contributed by atoms with Gasteiger partial charge in [0.2, 0.25) is 0 Å². The van der Waals surface area contributed by atoms with Gasteiger partial charge in [-0.3, -0.25) is 9.59 Å². The molecule has 0 spiro atoms. The average molecular weight is 394 g/mol. The predicted octanol–water partition coefficient (Wildman–Crippen LogP) is 2.99. The number of ketones is 1. The Hall–Kier alpha value is -3.12. The summed E-state index contributed by atoms with van der Waals surface area (Å²) in [5.41, 5.74) is 2.37. The Morgan fingerprint density at radius 3 is 2.45 bits per heavy atom. The van der Waals surface area contributed by atoms with Gasteiger partial charge in [-0.25, -0.2) is 0 Å². The van der Waals surface area contributed by atoms with Crippen LogP contribution in [-0.2, 0) is 9.59 Å². The maximum absolute atomic E-state index is 12.9. The van der Waals surface area contributed by atoms with E-state index in [4.69, 9.17) is 4.74 Å². The van der Waals surface area contributed by atoms with E-state index < -0.39 is 17.7 Å². The van der Waals surface area contributed by atoms with Crippen LogP contribution in [-0.4, -0.2) is 60.9 Å². The molecule has 0 aromatic heterocycles. The number of ether oxygens (including phenoxy) is 1. The smallest absolute Gasteiger partial charge is 0.295 e. The van der Waals surface area contributed by atoms with Crippen LogP contribution in [0.25, 0.3) is 5.76 Å². The van der Waals surface area contributed by atoms with Gasteiger partial charge in [-0.15, -0.1) is 0 Å². The number of carbonyl (C=O) groups excluding carboxylic acids is 2. The molecule has 152 valence electrons. The fraction of sp³-hybridized carbons (Fsp3) is 0.304. The zero-order valence-electron chi connectivity index (χ0n) is 17.2. The fourth-order valence-electron chi connectivity index (χ4n) is 3.44. The van der Waals surface area contributed by atoms with Gasteiger partial charge in [-0.2, -0.15) is 0 Å². The summed E-state index contributed by atoms with van der Waals surface area (Å²) in [7, 11) is 5.38. The predicted molar refractivity (Wildman–Crippen MR) is 112 cm³/mol. The molecule has 3 rings (SSSR count). The van der Waals surface area contributed by atoms with Gasteiger partial charge in [0.1, 0.15) is 11.5 Å². The van der Waals surface area contributed by atoms with Crippen LogP contribution in [0, 0.1) is 6.92 Å². The van der Waals surface area contributed by atoms with Crippen molar-refractivity contribution in [2.45, 2.75) is 13.0 Å². The van der Waals surface area contributed by atoms with Crippen LogP contribution < -0.4 is 4.74 Å². The highest BCUT2D eigenvalue weighted by Crippen LogP contribution is 2.40. The molecule has 1 fully saturated rings. The van der Waals surface area contributed by atoms with Crippen molar-refractivity contribution in [3.05, 3.63) is 70.8 Å². The van der Waals surface area contributed by atoms with Crippen LogP contribution in [0.3, 0.4) is 0 Å². The minimum Gasteiger partial charge on any atom is -0.507 e. The molecule has 2 aromatic carbocycles. The summed E-state index contributed by atoms with van der Waals surface area (Å²) in [6.07, 6.45) is 0. The van der Waals surface area contributed by atoms with Crippen LogP contribution in [0.4, 0.5) is 0 Å². The first-order chi connectivity index (χ1) is 13.8. The third kappa shape index (κ3) is 4.17. The minimum absolute atomic E-state index is 0.103. The molecule has 0 bridgehead atoms. The Kier molecular flexibility index (Phi) is 6.03. The van der Waals surface area contributed by atoms with Gasteiger partial charge in [-0.1, -0.05) is 42.0 Å². The molecule has 1 heterocycles. The number of likely N-dealkylation sites (tertiary alicyclic amines) is 1. The van der Waals surface area contributed by atoms with Crippen molar-refractivity contribution in [3.63, 3.8) is 0 Å². The molecule has 29 heavy (non-hydrogen) atoms. The van der Waals surface area contributed by atoms with Crippen molar-refractivity contribution in [1.82, 2.24) is 9.80 Å². The number of hydrogen-bond donors (Lipinski definition) is 1. The Bertz CT molecular complexity index is 948. The Morgan fingerprint density at radius 1 is 1.14 bits per heavy atom. The molecule has 0 saturated carbocycles. The highest BCUT2D eigenvalue weighted by atomic mass is 16.5. The molecule has 0 unspecified atom stereocenters. The number of benzene rings is 2. The molecular formula is C23H26N2O4. The summed E-state index contributed by atoms with van der Waals surface area (Å²) < 4.78 is 5.32. The molecule has 2 aromatic rings. The van der Waals surface area contributed by atoms with Gasteiger partial charge in [0.25, 0.3) is 11.7 Å².